The smallest absolute Gasteiger partial charge is 0.184 e. The number of carbonyl (C=O) groups excluding carboxylic acids is 1. The molecule has 0 atom stereocenters. The fraction of sp³-hybridized carbons (Fsp3) is 0.300. The van der Waals surface area contributed by atoms with E-state index in [0.29, 0.717) is 5.56 Å². The second-order valence-corrected chi connectivity index (χ2v) is 3.61. The topological polar surface area (TPSA) is 69.6 Å². The van der Waals surface area contributed by atoms with Crippen LogP contribution in [-0.2, 0) is 0 Å². The number of phenolic OH excluding ortho intramolecular Hbond substituents is 1. The van der Waals surface area contributed by atoms with Gasteiger partial charge in [0.05, 0.1) is 0 Å². The normalized spacial score (nSPS) is 11.4. The zero-order valence-corrected chi connectivity index (χ0v) is 8.11. The largest absolute Gasteiger partial charge is 0.508 e. The van der Waals surface area contributed by atoms with Gasteiger partial charge < -0.3 is 10.3 Å². The second kappa shape index (κ2) is 3.77. The van der Waals surface area contributed by atoms with E-state index in [2.05, 4.69) is 0 Å². The Balaban J connectivity index is 2.96. The minimum absolute atomic E-state index is 0.108. The maximum Gasteiger partial charge on any atom is 0.184 e. The van der Waals surface area contributed by atoms with E-state index in [1.807, 2.05) is 5.48 Å². The summed E-state index contributed by atoms with van der Waals surface area (Å²) < 4.78 is 0. The highest BCUT2D eigenvalue weighted by Crippen LogP contribution is 2.15. The van der Waals surface area contributed by atoms with Crippen molar-refractivity contribution in [1.82, 2.24) is 5.48 Å². The summed E-state index contributed by atoms with van der Waals surface area (Å²) in [6, 6.07) is 5.88. The van der Waals surface area contributed by atoms with Gasteiger partial charge in [-0.3, -0.25) is 4.79 Å². The molecular formula is C10H13NO3. The molecule has 0 radical (unpaired) electrons. The van der Waals surface area contributed by atoms with Gasteiger partial charge in [-0.1, -0.05) is 0 Å². The molecule has 0 aliphatic heterocycles. The highest BCUT2D eigenvalue weighted by atomic mass is 16.5. The quantitative estimate of drug-likeness (QED) is 0.502. The first kappa shape index (κ1) is 10.7. The molecule has 3 N–H and O–H groups in total. The van der Waals surface area contributed by atoms with Gasteiger partial charge in [-0.25, -0.2) is 0 Å². The van der Waals surface area contributed by atoms with E-state index in [1.54, 1.807) is 13.8 Å². The van der Waals surface area contributed by atoms with Crippen LogP contribution in [-0.4, -0.2) is 21.6 Å². The molecule has 1 aromatic carbocycles. The predicted molar refractivity (Wildman–Crippen MR) is 51.4 cm³/mol. The van der Waals surface area contributed by atoms with Gasteiger partial charge in [0.2, 0.25) is 0 Å². The summed E-state index contributed by atoms with van der Waals surface area (Å²) in [6.07, 6.45) is 0. The number of rotatable bonds is 3. The predicted octanol–water partition coefficient (Wildman–Crippen LogP) is 1.33. The maximum absolute atomic E-state index is 11.7. The summed E-state index contributed by atoms with van der Waals surface area (Å²) in [5.74, 6) is -0.128. The van der Waals surface area contributed by atoms with Crippen LogP contribution >= 0.6 is 0 Å². The molecule has 0 amide bonds. The molecule has 4 nitrogen and oxygen atoms in total. The summed E-state index contributed by atoms with van der Waals surface area (Å²) in [6.45, 7) is 3.14. The van der Waals surface area contributed by atoms with Crippen molar-refractivity contribution in [2.24, 2.45) is 0 Å². The summed E-state index contributed by atoms with van der Waals surface area (Å²) in [7, 11) is 0. The van der Waals surface area contributed by atoms with E-state index in [-0.39, 0.29) is 11.5 Å². The molecule has 0 aliphatic rings. The van der Waals surface area contributed by atoms with Gasteiger partial charge in [-0.15, -0.1) is 0 Å². The van der Waals surface area contributed by atoms with Crippen molar-refractivity contribution in [3.63, 3.8) is 0 Å². The Morgan fingerprint density at radius 3 is 2.21 bits per heavy atom. The van der Waals surface area contributed by atoms with E-state index in [0.717, 1.165) is 0 Å². The molecule has 14 heavy (non-hydrogen) atoms. The number of hydrogen-bond donors (Lipinski definition) is 3. The van der Waals surface area contributed by atoms with Gasteiger partial charge in [0.1, 0.15) is 11.3 Å². The first-order valence-corrected chi connectivity index (χ1v) is 4.22. The lowest BCUT2D eigenvalue weighted by molar-refractivity contribution is 0.0569. The van der Waals surface area contributed by atoms with Gasteiger partial charge in [0.25, 0.3) is 0 Å². The van der Waals surface area contributed by atoms with Crippen LogP contribution in [0.3, 0.4) is 0 Å². The highest BCUT2D eigenvalue weighted by Gasteiger charge is 2.27. The van der Waals surface area contributed by atoms with E-state index >= 15 is 0 Å². The zero-order valence-electron chi connectivity index (χ0n) is 8.11. The van der Waals surface area contributed by atoms with Gasteiger partial charge in [0.15, 0.2) is 5.78 Å². The molecule has 0 saturated carbocycles. The lowest BCUT2D eigenvalue weighted by Gasteiger charge is -2.20. The van der Waals surface area contributed by atoms with Gasteiger partial charge in [0, 0.05) is 5.56 Å². The first-order valence-electron chi connectivity index (χ1n) is 4.22. The van der Waals surface area contributed by atoms with E-state index in [9.17, 15) is 4.79 Å². The van der Waals surface area contributed by atoms with Crippen LogP contribution < -0.4 is 5.48 Å². The number of benzene rings is 1. The molecule has 0 spiro atoms. The molecule has 4 heteroatoms. The summed E-state index contributed by atoms with van der Waals surface area (Å²) >= 11 is 0. The molecule has 0 fully saturated rings. The Hall–Kier alpha value is -1.39. The monoisotopic (exact) mass is 195 g/mol. The number of carbonyl (C=O) groups is 1. The van der Waals surface area contributed by atoms with Crippen LogP contribution in [0.25, 0.3) is 0 Å². The third-order valence-corrected chi connectivity index (χ3v) is 1.98. The summed E-state index contributed by atoms with van der Waals surface area (Å²) in [5.41, 5.74) is 1.36. The van der Waals surface area contributed by atoms with E-state index in [4.69, 9.17) is 10.3 Å². The third kappa shape index (κ3) is 2.10. The SMILES string of the molecule is CC(C)(NO)C(=O)c1ccc(O)cc1. The van der Waals surface area contributed by atoms with Crippen molar-refractivity contribution >= 4 is 5.78 Å². The number of phenols is 1. The van der Waals surface area contributed by atoms with Crippen molar-refractivity contribution in [3.8, 4) is 5.75 Å². The van der Waals surface area contributed by atoms with Gasteiger partial charge >= 0.3 is 0 Å². The molecule has 0 unspecified atom stereocenters. The Labute approximate surface area is 82.1 Å². The highest BCUT2D eigenvalue weighted by molar-refractivity contribution is 6.02. The molecule has 0 aromatic heterocycles. The van der Waals surface area contributed by atoms with Crippen LogP contribution in [0.1, 0.15) is 24.2 Å². The van der Waals surface area contributed by atoms with Crippen LogP contribution in [0.4, 0.5) is 0 Å². The first-order chi connectivity index (χ1) is 6.47. The Morgan fingerprint density at radius 2 is 1.79 bits per heavy atom. The van der Waals surface area contributed by atoms with Crippen molar-refractivity contribution < 1.29 is 15.1 Å². The summed E-state index contributed by atoms with van der Waals surface area (Å²) in [4.78, 5) is 11.7. The van der Waals surface area contributed by atoms with Crippen molar-refractivity contribution in [1.29, 1.82) is 0 Å². The fourth-order valence-electron chi connectivity index (χ4n) is 1.02. The van der Waals surface area contributed by atoms with Crippen LogP contribution in [0.5, 0.6) is 5.75 Å². The Morgan fingerprint density at radius 1 is 1.29 bits per heavy atom. The number of Topliss-reactive ketones (excluding diaryl/α,β-unsaturated/α-hetero) is 1. The standard InChI is InChI=1S/C10H13NO3/c1-10(2,11-14)9(13)7-3-5-8(12)6-4-7/h3-6,11-12,14H,1-2H3. The van der Waals surface area contributed by atoms with E-state index in [1.165, 1.54) is 24.3 Å². The Kier molecular flexibility index (Phi) is 2.88. The van der Waals surface area contributed by atoms with Crippen LogP contribution in [0.2, 0.25) is 0 Å². The minimum Gasteiger partial charge on any atom is -0.508 e. The lowest BCUT2D eigenvalue weighted by atomic mass is 9.94. The molecule has 0 heterocycles. The fourth-order valence-corrected chi connectivity index (χ4v) is 1.02. The lowest BCUT2D eigenvalue weighted by Crippen LogP contribution is -2.44. The third-order valence-electron chi connectivity index (χ3n) is 1.98. The molecule has 1 rings (SSSR count). The van der Waals surface area contributed by atoms with Crippen LogP contribution in [0.15, 0.2) is 24.3 Å². The van der Waals surface area contributed by atoms with E-state index < -0.39 is 5.54 Å². The van der Waals surface area contributed by atoms with Crippen LogP contribution in [0, 0.1) is 0 Å². The van der Waals surface area contributed by atoms with Gasteiger partial charge in [-0.2, -0.15) is 5.48 Å². The second-order valence-electron chi connectivity index (χ2n) is 3.61. The number of nitrogens with one attached hydrogen (secondary N) is 1. The minimum atomic E-state index is -1.02. The summed E-state index contributed by atoms with van der Waals surface area (Å²) in [5, 5.41) is 17.8. The molecule has 0 aliphatic carbocycles. The average Bonchev–Trinajstić information content (AvgIpc) is 2.18. The van der Waals surface area contributed by atoms with Crippen molar-refractivity contribution in [2.45, 2.75) is 19.4 Å². The maximum atomic E-state index is 11.7. The molecular weight excluding hydrogens is 182 g/mol. The molecule has 0 bridgehead atoms. The molecule has 1 aromatic rings. The van der Waals surface area contributed by atoms with Crippen molar-refractivity contribution in [3.05, 3.63) is 29.8 Å². The average molecular weight is 195 g/mol. The zero-order chi connectivity index (χ0) is 10.8. The number of aromatic hydroxyl groups is 1. The number of hydroxylamine groups is 1. The van der Waals surface area contributed by atoms with Crippen molar-refractivity contribution in [2.75, 3.05) is 0 Å². The molecule has 76 valence electrons. The van der Waals surface area contributed by atoms with Gasteiger partial charge in [-0.05, 0) is 38.1 Å². The number of ketones is 1. The Bertz CT molecular complexity index is 330. The molecule has 0 saturated heterocycles. The number of hydrogen-bond acceptors (Lipinski definition) is 4.